The third-order valence-corrected chi connectivity index (χ3v) is 5.62. The molecule has 2 aromatic rings. The fourth-order valence-electron chi connectivity index (χ4n) is 3.00. The highest BCUT2D eigenvalue weighted by Gasteiger charge is 2.35. The fourth-order valence-corrected chi connectivity index (χ4v) is 3.96. The summed E-state index contributed by atoms with van der Waals surface area (Å²) in [5.41, 5.74) is 2.69. The van der Waals surface area contributed by atoms with Crippen molar-refractivity contribution in [3.05, 3.63) is 46.0 Å². The Kier molecular flexibility index (Phi) is 4.21. The molecule has 1 unspecified atom stereocenters. The van der Waals surface area contributed by atoms with Crippen LogP contribution in [0.3, 0.4) is 0 Å². The molecule has 0 amide bonds. The first-order valence-electron chi connectivity index (χ1n) is 7.65. The molecule has 5 heteroatoms. The molecule has 2 N–H and O–H groups in total. The van der Waals surface area contributed by atoms with E-state index in [1.807, 2.05) is 44.1 Å². The number of aliphatic hydroxyl groups is 1. The molecular formula is C17H23N3OS. The molecular weight excluding hydrogens is 294 g/mol. The van der Waals surface area contributed by atoms with Crippen LogP contribution in [0.25, 0.3) is 0 Å². The maximum atomic E-state index is 10.9. The van der Waals surface area contributed by atoms with Crippen molar-refractivity contribution >= 4 is 16.5 Å². The van der Waals surface area contributed by atoms with Crippen molar-refractivity contribution in [2.45, 2.75) is 31.9 Å². The van der Waals surface area contributed by atoms with Gasteiger partial charge in [0, 0.05) is 32.1 Å². The smallest absolute Gasteiger partial charge is 0.185 e. The van der Waals surface area contributed by atoms with Gasteiger partial charge < -0.3 is 15.3 Å². The Hall–Kier alpha value is -1.43. The predicted molar refractivity (Wildman–Crippen MR) is 91.5 cm³/mol. The van der Waals surface area contributed by atoms with E-state index in [1.165, 1.54) is 10.4 Å². The standard InChI is InChI=1S/C17H23N3OS/c1-12-15(22-16(19-12)20(2)3)10-18-11-17(21)9-8-13-6-4-5-7-14(13)17/h4-7,18,21H,8-11H2,1-3H3. The van der Waals surface area contributed by atoms with Crippen LogP contribution in [0.2, 0.25) is 0 Å². The van der Waals surface area contributed by atoms with Gasteiger partial charge in [0.2, 0.25) is 0 Å². The summed E-state index contributed by atoms with van der Waals surface area (Å²) < 4.78 is 0. The van der Waals surface area contributed by atoms with Gasteiger partial charge in [0.15, 0.2) is 5.13 Å². The van der Waals surface area contributed by atoms with Crippen molar-refractivity contribution in [3.63, 3.8) is 0 Å². The number of fused-ring (bicyclic) bond motifs is 1. The van der Waals surface area contributed by atoms with Crippen LogP contribution in [0.15, 0.2) is 24.3 Å². The first kappa shape index (κ1) is 15.5. The molecule has 0 fully saturated rings. The van der Waals surface area contributed by atoms with E-state index < -0.39 is 5.60 Å². The SMILES string of the molecule is Cc1nc(N(C)C)sc1CNCC1(O)CCc2ccccc21. The van der Waals surface area contributed by atoms with Crippen molar-refractivity contribution in [1.29, 1.82) is 0 Å². The summed E-state index contributed by atoms with van der Waals surface area (Å²) in [6, 6.07) is 8.21. The minimum atomic E-state index is -0.737. The average molecular weight is 317 g/mol. The molecule has 0 spiro atoms. The summed E-state index contributed by atoms with van der Waals surface area (Å²) in [5, 5.41) is 15.3. The number of benzene rings is 1. The van der Waals surface area contributed by atoms with Gasteiger partial charge in [-0.3, -0.25) is 0 Å². The molecule has 1 aliphatic rings. The van der Waals surface area contributed by atoms with Gasteiger partial charge in [-0.2, -0.15) is 0 Å². The highest BCUT2D eigenvalue weighted by molar-refractivity contribution is 7.15. The molecule has 1 aromatic carbocycles. The number of hydrogen-bond donors (Lipinski definition) is 2. The molecule has 0 bridgehead atoms. The largest absolute Gasteiger partial charge is 0.384 e. The average Bonchev–Trinajstić information content (AvgIpc) is 3.02. The van der Waals surface area contributed by atoms with Gasteiger partial charge in [0.25, 0.3) is 0 Å². The van der Waals surface area contributed by atoms with Crippen molar-refractivity contribution in [3.8, 4) is 0 Å². The summed E-state index contributed by atoms with van der Waals surface area (Å²) in [6.07, 6.45) is 1.75. The second-order valence-electron chi connectivity index (χ2n) is 6.19. The summed E-state index contributed by atoms with van der Waals surface area (Å²) in [7, 11) is 4.02. The minimum Gasteiger partial charge on any atom is -0.384 e. The second kappa shape index (κ2) is 5.99. The monoisotopic (exact) mass is 317 g/mol. The van der Waals surface area contributed by atoms with Gasteiger partial charge in [0.05, 0.1) is 5.69 Å². The number of nitrogens with one attached hydrogen (secondary N) is 1. The normalized spacial score (nSPS) is 20.2. The van der Waals surface area contributed by atoms with E-state index in [0.717, 1.165) is 35.8 Å². The van der Waals surface area contributed by atoms with Gasteiger partial charge in [0.1, 0.15) is 5.60 Å². The quantitative estimate of drug-likeness (QED) is 0.889. The van der Waals surface area contributed by atoms with Crippen molar-refractivity contribution in [1.82, 2.24) is 10.3 Å². The lowest BCUT2D eigenvalue weighted by Gasteiger charge is -2.24. The number of thiazole rings is 1. The van der Waals surface area contributed by atoms with E-state index in [1.54, 1.807) is 11.3 Å². The van der Waals surface area contributed by atoms with Gasteiger partial charge in [-0.05, 0) is 30.9 Å². The number of anilines is 1. The maximum Gasteiger partial charge on any atom is 0.185 e. The summed E-state index contributed by atoms with van der Waals surface area (Å²) in [5.74, 6) is 0. The van der Waals surface area contributed by atoms with E-state index in [0.29, 0.717) is 6.54 Å². The van der Waals surface area contributed by atoms with Gasteiger partial charge in [-0.15, -0.1) is 11.3 Å². The lowest BCUT2D eigenvalue weighted by Crippen LogP contribution is -2.35. The van der Waals surface area contributed by atoms with Crippen molar-refractivity contribution in [2.75, 3.05) is 25.5 Å². The minimum absolute atomic E-state index is 0.582. The Morgan fingerprint density at radius 1 is 1.36 bits per heavy atom. The molecule has 1 heterocycles. The molecule has 1 atom stereocenters. The van der Waals surface area contributed by atoms with E-state index in [4.69, 9.17) is 0 Å². The molecule has 0 saturated carbocycles. The van der Waals surface area contributed by atoms with Crippen LogP contribution in [0, 0.1) is 6.92 Å². The van der Waals surface area contributed by atoms with Crippen LogP contribution in [0.1, 0.15) is 28.1 Å². The molecule has 4 nitrogen and oxygen atoms in total. The van der Waals surface area contributed by atoms with Crippen LogP contribution in [-0.2, 0) is 18.6 Å². The second-order valence-corrected chi connectivity index (χ2v) is 7.25. The van der Waals surface area contributed by atoms with E-state index in [2.05, 4.69) is 16.4 Å². The Balaban J connectivity index is 1.64. The number of rotatable bonds is 5. The van der Waals surface area contributed by atoms with E-state index in [-0.39, 0.29) is 0 Å². The van der Waals surface area contributed by atoms with E-state index in [9.17, 15) is 5.11 Å². The highest BCUT2D eigenvalue weighted by atomic mass is 32.1. The van der Waals surface area contributed by atoms with Crippen LogP contribution in [-0.4, -0.2) is 30.7 Å². The zero-order valence-corrected chi connectivity index (χ0v) is 14.2. The number of aromatic nitrogens is 1. The topological polar surface area (TPSA) is 48.4 Å². The maximum absolute atomic E-state index is 10.9. The van der Waals surface area contributed by atoms with Crippen LogP contribution in [0.4, 0.5) is 5.13 Å². The molecule has 1 aromatic heterocycles. The molecule has 0 aliphatic heterocycles. The molecule has 0 radical (unpaired) electrons. The number of nitrogens with zero attached hydrogens (tertiary/aromatic N) is 2. The van der Waals surface area contributed by atoms with Gasteiger partial charge in [-0.1, -0.05) is 24.3 Å². The predicted octanol–water partition coefficient (Wildman–Crippen LogP) is 2.44. The van der Waals surface area contributed by atoms with Crippen molar-refractivity contribution < 1.29 is 5.11 Å². The van der Waals surface area contributed by atoms with Crippen molar-refractivity contribution in [2.24, 2.45) is 0 Å². The molecule has 1 aliphatic carbocycles. The molecule has 22 heavy (non-hydrogen) atoms. The Labute approximate surface area is 135 Å². The Bertz CT molecular complexity index is 668. The van der Waals surface area contributed by atoms with Crippen LogP contribution in [0.5, 0.6) is 0 Å². The highest BCUT2D eigenvalue weighted by Crippen LogP contribution is 2.36. The zero-order valence-electron chi connectivity index (χ0n) is 13.4. The number of aryl methyl sites for hydroxylation is 2. The number of hydrogen-bond acceptors (Lipinski definition) is 5. The summed E-state index contributed by atoms with van der Waals surface area (Å²) in [4.78, 5) is 7.82. The zero-order chi connectivity index (χ0) is 15.7. The van der Waals surface area contributed by atoms with Gasteiger partial charge in [-0.25, -0.2) is 4.98 Å². The van der Waals surface area contributed by atoms with Gasteiger partial charge >= 0.3 is 0 Å². The fraction of sp³-hybridized carbons (Fsp3) is 0.471. The summed E-state index contributed by atoms with van der Waals surface area (Å²) in [6.45, 7) is 3.38. The van der Waals surface area contributed by atoms with E-state index >= 15 is 0 Å². The summed E-state index contributed by atoms with van der Waals surface area (Å²) >= 11 is 1.71. The third kappa shape index (κ3) is 2.89. The lowest BCUT2D eigenvalue weighted by atomic mass is 9.96. The molecule has 3 rings (SSSR count). The molecule has 118 valence electrons. The Morgan fingerprint density at radius 2 is 2.14 bits per heavy atom. The lowest BCUT2D eigenvalue weighted by molar-refractivity contribution is 0.0385. The first-order chi connectivity index (χ1) is 10.5. The Morgan fingerprint density at radius 3 is 2.86 bits per heavy atom. The third-order valence-electron chi connectivity index (χ3n) is 4.29. The van der Waals surface area contributed by atoms with Crippen LogP contribution < -0.4 is 10.2 Å². The first-order valence-corrected chi connectivity index (χ1v) is 8.46. The van der Waals surface area contributed by atoms with Crippen LogP contribution >= 0.6 is 11.3 Å². The molecule has 0 saturated heterocycles.